The van der Waals surface area contributed by atoms with Crippen LogP contribution in [-0.4, -0.2) is 41.3 Å². The monoisotopic (exact) mass is 448 g/mol. The zero-order valence-electron chi connectivity index (χ0n) is 17.8. The van der Waals surface area contributed by atoms with E-state index in [0.29, 0.717) is 5.56 Å². The first kappa shape index (κ1) is 21.8. The lowest BCUT2D eigenvalue weighted by Crippen LogP contribution is -2.42. The smallest absolute Gasteiger partial charge is 0.325 e. The summed E-state index contributed by atoms with van der Waals surface area (Å²) in [7, 11) is 1.31. The predicted molar refractivity (Wildman–Crippen MR) is 120 cm³/mol. The molecule has 1 fully saturated rings. The molecule has 1 aliphatic heterocycles. The number of methoxy groups -OCH3 is 1. The number of nitrogens with zero attached hydrogens (tertiary/aromatic N) is 2. The molecule has 0 saturated carbocycles. The molecule has 10 heteroatoms. The van der Waals surface area contributed by atoms with Crippen molar-refractivity contribution in [2.75, 3.05) is 19.0 Å². The van der Waals surface area contributed by atoms with Gasteiger partial charge in [0.25, 0.3) is 11.6 Å². The van der Waals surface area contributed by atoms with Crippen LogP contribution >= 0.6 is 0 Å². The van der Waals surface area contributed by atoms with Crippen LogP contribution in [-0.2, 0) is 15.1 Å². The van der Waals surface area contributed by atoms with Gasteiger partial charge in [0.1, 0.15) is 17.8 Å². The Hall–Kier alpha value is -4.47. The topological polar surface area (TPSA) is 131 Å². The van der Waals surface area contributed by atoms with E-state index >= 15 is 0 Å². The Morgan fingerprint density at radius 2 is 1.85 bits per heavy atom. The Morgan fingerprint density at radius 1 is 1.12 bits per heavy atom. The number of urea groups is 1. The van der Waals surface area contributed by atoms with Gasteiger partial charge in [0, 0.05) is 6.07 Å². The first-order valence-corrected chi connectivity index (χ1v) is 9.98. The molecule has 1 aliphatic rings. The fourth-order valence-electron chi connectivity index (χ4n) is 3.77. The van der Waals surface area contributed by atoms with E-state index in [0.717, 1.165) is 15.7 Å². The molecule has 33 heavy (non-hydrogen) atoms. The quantitative estimate of drug-likeness (QED) is 0.338. The van der Waals surface area contributed by atoms with Gasteiger partial charge in [-0.3, -0.25) is 24.6 Å². The first-order chi connectivity index (χ1) is 15.7. The number of hydrogen-bond donors (Lipinski definition) is 2. The van der Waals surface area contributed by atoms with Crippen molar-refractivity contribution in [1.29, 1.82) is 0 Å². The second-order valence-corrected chi connectivity index (χ2v) is 7.70. The minimum absolute atomic E-state index is 0.0794. The van der Waals surface area contributed by atoms with Crippen molar-refractivity contribution in [1.82, 2.24) is 10.2 Å². The predicted octanol–water partition coefficient (Wildman–Crippen LogP) is 3.16. The van der Waals surface area contributed by atoms with Crippen LogP contribution in [0.1, 0.15) is 12.5 Å². The summed E-state index contributed by atoms with van der Waals surface area (Å²) in [6, 6.07) is 16.1. The number of nitro groups is 1. The zero-order valence-corrected chi connectivity index (χ0v) is 17.8. The minimum Gasteiger partial charge on any atom is -0.494 e. The number of carbonyl (C=O) groups excluding carboxylic acids is 3. The summed E-state index contributed by atoms with van der Waals surface area (Å²) in [4.78, 5) is 49.5. The Labute approximate surface area is 188 Å². The number of carbonyl (C=O) groups is 3. The van der Waals surface area contributed by atoms with Crippen LogP contribution in [0.15, 0.2) is 60.7 Å². The van der Waals surface area contributed by atoms with E-state index in [4.69, 9.17) is 4.74 Å². The van der Waals surface area contributed by atoms with Gasteiger partial charge in [-0.1, -0.05) is 36.4 Å². The van der Waals surface area contributed by atoms with E-state index in [1.54, 1.807) is 13.0 Å². The van der Waals surface area contributed by atoms with Crippen molar-refractivity contribution in [2.45, 2.75) is 12.5 Å². The largest absolute Gasteiger partial charge is 0.494 e. The van der Waals surface area contributed by atoms with Gasteiger partial charge in [0.2, 0.25) is 5.91 Å². The molecular weight excluding hydrogens is 428 g/mol. The maximum absolute atomic E-state index is 13.2. The molecule has 1 unspecified atom stereocenters. The summed E-state index contributed by atoms with van der Waals surface area (Å²) in [5.41, 5.74) is -0.756. The Bertz CT molecular complexity index is 1310. The molecule has 4 rings (SSSR count). The molecule has 3 aromatic rings. The van der Waals surface area contributed by atoms with Gasteiger partial charge in [-0.15, -0.1) is 0 Å². The minimum atomic E-state index is -1.33. The third kappa shape index (κ3) is 3.93. The number of benzene rings is 3. The molecule has 0 bridgehead atoms. The number of anilines is 1. The lowest BCUT2D eigenvalue weighted by atomic mass is 9.90. The fraction of sp³-hybridized carbons (Fsp3) is 0.174. The molecule has 2 N–H and O–H groups in total. The Morgan fingerprint density at radius 3 is 2.55 bits per heavy atom. The summed E-state index contributed by atoms with van der Waals surface area (Å²) in [6.45, 7) is 1.06. The molecule has 1 saturated heterocycles. The number of imide groups is 1. The van der Waals surface area contributed by atoms with E-state index in [2.05, 4.69) is 10.6 Å². The van der Waals surface area contributed by atoms with E-state index < -0.39 is 34.9 Å². The van der Waals surface area contributed by atoms with Gasteiger partial charge >= 0.3 is 6.03 Å². The number of ether oxygens (including phenoxy) is 1. The second-order valence-electron chi connectivity index (χ2n) is 7.70. The van der Waals surface area contributed by atoms with Gasteiger partial charge in [0.15, 0.2) is 0 Å². The molecular formula is C23H20N4O6. The second kappa shape index (κ2) is 8.23. The summed E-state index contributed by atoms with van der Waals surface area (Å²) < 4.78 is 5.10. The summed E-state index contributed by atoms with van der Waals surface area (Å²) in [5, 5.41) is 18.0. The standard InChI is InChI=1S/C23H20N4O6/c1-23(16-8-7-14-5-3-4-6-15(14)11-16)21(29)26(22(30)25-23)13-20(28)24-18-10-9-17(27(31)32)12-19(18)33-2/h3-12H,13H2,1-2H3,(H,24,28)(H,25,30). The molecule has 0 spiro atoms. The highest BCUT2D eigenvalue weighted by molar-refractivity contribution is 6.10. The molecule has 10 nitrogen and oxygen atoms in total. The number of amides is 4. The third-order valence-corrected chi connectivity index (χ3v) is 5.57. The maximum atomic E-state index is 13.2. The van der Waals surface area contributed by atoms with Crippen molar-refractivity contribution < 1.29 is 24.0 Å². The molecule has 0 aromatic heterocycles. The number of nitrogens with one attached hydrogen (secondary N) is 2. The molecule has 1 heterocycles. The summed E-state index contributed by atoms with van der Waals surface area (Å²) in [5.74, 6) is -1.14. The average Bonchev–Trinajstić information content (AvgIpc) is 3.02. The van der Waals surface area contributed by atoms with Crippen molar-refractivity contribution in [2.24, 2.45) is 0 Å². The summed E-state index contributed by atoms with van der Waals surface area (Å²) >= 11 is 0. The molecule has 4 amide bonds. The highest BCUT2D eigenvalue weighted by Gasteiger charge is 2.49. The number of rotatable bonds is 6. The van der Waals surface area contributed by atoms with Crippen LogP contribution in [0.2, 0.25) is 0 Å². The lowest BCUT2D eigenvalue weighted by Gasteiger charge is -2.22. The molecule has 0 aliphatic carbocycles. The van der Waals surface area contributed by atoms with Crippen LogP contribution in [0.3, 0.4) is 0 Å². The van der Waals surface area contributed by atoms with Crippen LogP contribution in [0, 0.1) is 10.1 Å². The van der Waals surface area contributed by atoms with Gasteiger partial charge in [-0.05, 0) is 35.4 Å². The van der Waals surface area contributed by atoms with Crippen molar-refractivity contribution in [3.8, 4) is 5.75 Å². The van der Waals surface area contributed by atoms with Gasteiger partial charge in [-0.2, -0.15) is 0 Å². The number of nitro benzene ring substituents is 1. The average molecular weight is 448 g/mol. The van der Waals surface area contributed by atoms with Crippen molar-refractivity contribution in [3.05, 3.63) is 76.3 Å². The Kier molecular flexibility index (Phi) is 5.42. The highest BCUT2D eigenvalue weighted by Crippen LogP contribution is 2.32. The number of non-ortho nitro benzene ring substituents is 1. The molecule has 168 valence electrons. The summed E-state index contributed by atoms with van der Waals surface area (Å²) in [6.07, 6.45) is 0. The normalized spacial score (nSPS) is 17.7. The van der Waals surface area contributed by atoms with Crippen LogP contribution in [0.25, 0.3) is 10.8 Å². The lowest BCUT2D eigenvalue weighted by molar-refractivity contribution is -0.384. The van der Waals surface area contributed by atoms with E-state index in [-0.39, 0.29) is 17.1 Å². The third-order valence-electron chi connectivity index (χ3n) is 5.57. The Balaban J connectivity index is 1.53. The highest BCUT2D eigenvalue weighted by atomic mass is 16.6. The molecule has 0 radical (unpaired) electrons. The van der Waals surface area contributed by atoms with Gasteiger partial charge < -0.3 is 15.4 Å². The number of hydrogen-bond acceptors (Lipinski definition) is 6. The van der Waals surface area contributed by atoms with Crippen molar-refractivity contribution >= 4 is 40.0 Å². The van der Waals surface area contributed by atoms with Gasteiger partial charge in [0.05, 0.1) is 23.8 Å². The van der Waals surface area contributed by atoms with Crippen molar-refractivity contribution in [3.63, 3.8) is 0 Å². The fourth-order valence-corrected chi connectivity index (χ4v) is 3.77. The van der Waals surface area contributed by atoms with Crippen LogP contribution in [0.4, 0.5) is 16.2 Å². The van der Waals surface area contributed by atoms with Crippen LogP contribution in [0.5, 0.6) is 5.75 Å². The number of fused-ring (bicyclic) bond motifs is 1. The first-order valence-electron chi connectivity index (χ1n) is 9.98. The van der Waals surface area contributed by atoms with E-state index in [1.807, 2.05) is 36.4 Å². The maximum Gasteiger partial charge on any atom is 0.325 e. The molecule has 1 atom stereocenters. The van der Waals surface area contributed by atoms with Crippen LogP contribution < -0.4 is 15.4 Å². The van der Waals surface area contributed by atoms with Gasteiger partial charge in [-0.25, -0.2) is 4.79 Å². The molecule has 3 aromatic carbocycles. The van der Waals surface area contributed by atoms with E-state index in [9.17, 15) is 24.5 Å². The zero-order chi connectivity index (χ0) is 23.8. The van der Waals surface area contributed by atoms with E-state index in [1.165, 1.54) is 25.3 Å². The SMILES string of the molecule is COc1cc([N+](=O)[O-])ccc1NC(=O)CN1C(=O)NC(C)(c2ccc3ccccc3c2)C1=O.